The normalized spacial score (nSPS) is 15.3. The lowest BCUT2D eigenvalue weighted by molar-refractivity contribution is -0.137. The molecule has 1 amide bonds. The number of carbonyl (C=O) groups excluding carboxylic acids is 1. The van der Waals surface area contributed by atoms with Gasteiger partial charge in [0.1, 0.15) is 11.9 Å². The number of furan rings is 1. The number of hydrogen-bond acceptors (Lipinski definition) is 4. The van der Waals surface area contributed by atoms with Gasteiger partial charge in [0, 0.05) is 5.92 Å². The van der Waals surface area contributed by atoms with Gasteiger partial charge in [-0.25, -0.2) is 4.68 Å². The number of hydrogen-bond donors (Lipinski definition) is 2. The van der Waals surface area contributed by atoms with Crippen LogP contribution in [0.2, 0.25) is 0 Å². The number of benzene rings is 1. The minimum Gasteiger partial charge on any atom is -0.467 e. The van der Waals surface area contributed by atoms with Crippen molar-refractivity contribution in [3.05, 3.63) is 71.4 Å². The Morgan fingerprint density at radius 1 is 1.31 bits per heavy atom. The molecule has 9 heteroatoms. The average molecular weight is 405 g/mol. The van der Waals surface area contributed by atoms with E-state index in [1.165, 1.54) is 29.3 Å². The summed E-state index contributed by atoms with van der Waals surface area (Å²) in [6.07, 6.45) is -1.03. The second-order valence-electron chi connectivity index (χ2n) is 6.92. The predicted molar refractivity (Wildman–Crippen MR) is 96.5 cm³/mol. The van der Waals surface area contributed by atoms with Crippen molar-refractivity contribution in [2.45, 2.75) is 31.0 Å². The zero-order valence-corrected chi connectivity index (χ0v) is 15.2. The summed E-state index contributed by atoms with van der Waals surface area (Å²) in [7, 11) is 0. The number of carbonyl (C=O) groups is 1. The van der Waals surface area contributed by atoms with Gasteiger partial charge in [-0.1, -0.05) is 6.07 Å². The molecule has 1 unspecified atom stereocenters. The number of nitrogens with zero attached hydrogens (tertiary/aromatic N) is 2. The van der Waals surface area contributed by atoms with Gasteiger partial charge < -0.3 is 14.8 Å². The molecule has 0 radical (unpaired) electrons. The molecule has 2 heterocycles. The van der Waals surface area contributed by atoms with Gasteiger partial charge in [-0.05, 0) is 43.2 Å². The molecule has 0 spiro atoms. The Morgan fingerprint density at radius 2 is 2.10 bits per heavy atom. The number of nitrogens with one attached hydrogen (secondary N) is 1. The van der Waals surface area contributed by atoms with Crippen molar-refractivity contribution in [3.8, 4) is 5.69 Å². The summed E-state index contributed by atoms with van der Waals surface area (Å²) >= 11 is 0. The van der Waals surface area contributed by atoms with Gasteiger partial charge in [0.15, 0.2) is 0 Å². The van der Waals surface area contributed by atoms with E-state index in [9.17, 15) is 23.1 Å². The maximum absolute atomic E-state index is 13.1. The van der Waals surface area contributed by atoms with Gasteiger partial charge in [-0.3, -0.25) is 4.79 Å². The molecular weight excluding hydrogens is 387 g/mol. The first kappa shape index (κ1) is 19.3. The van der Waals surface area contributed by atoms with Gasteiger partial charge in [0.2, 0.25) is 0 Å². The van der Waals surface area contributed by atoms with Crippen LogP contribution in [-0.4, -0.2) is 27.3 Å². The summed E-state index contributed by atoms with van der Waals surface area (Å²) in [5.74, 6) is -0.0640. The van der Waals surface area contributed by atoms with Gasteiger partial charge in [0.05, 0.1) is 41.5 Å². The zero-order valence-electron chi connectivity index (χ0n) is 15.2. The van der Waals surface area contributed by atoms with Crippen molar-refractivity contribution >= 4 is 5.91 Å². The van der Waals surface area contributed by atoms with Crippen molar-refractivity contribution in [3.63, 3.8) is 0 Å². The number of aliphatic hydroxyl groups excluding tert-OH is 1. The van der Waals surface area contributed by atoms with E-state index in [0.29, 0.717) is 11.5 Å². The monoisotopic (exact) mass is 405 g/mol. The molecule has 1 aromatic carbocycles. The smallest absolute Gasteiger partial charge is 0.416 e. The van der Waals surface area contributed by atoms with Gasteiger partial charge in [0.25, 0.3) is 5.91 Å². The Balaban J connectivity index is 1.58. The quantitative estimate of drug-likeness (QED) is 0.653. The van der Waals surface area contributed by atoms with Crippen LogP contribution in [0.3, 0.4) is 0 Å². The molecule has 1 aliphatic rings. The molecule has 1 fully saturated rings. The third-order valence-corrected chi connectivity index (χ3v) is 4.76. The Bertz CT molecular complexity index is 1010. The van der Waals surface area contributed by atoms with Gasteiger partial charge in [-0.15, -0.1) is 0 Å². The lowest BCUT2D eigenvalue weighted by Crippen LogP contribution is -2.28. The van der Waals surface area contributed by atoms with Crippen LogP contribution >= 0.6 is 0 Å². The van der Waals surface area contributed by atoms with Crippen LogP contribution < -0.4 is 5.32 Å². The standard InChI is InChI=1S/C20H18F3N3O3/c21-20(22,23)13-3-1-4-14(9-13)26-18(12-6-7-12)15(10-25-26)19(28)24-11-16(27)17-5-2-8-29-17/h1-5,8-10,12,16,27H,6-7,11H2,(H,24,28). The van der Waals surface area contributed by atoms with Crippen LogP contribution in [-0.2, 0) is 6.18 Å². The number of rotatable bonds is 6. The highest BCUT2D eigenvalue weighted by atomic mass is 19.4. The molecule has 6 nitrogen and oxygen atoms in total. The number of aromatic nitrogens is 2. The highest BCUT2D eigenvalue weighted by Gasteiger charge is 2.34. The molecule has 29 heavy (non-hydrogen) atoms. The number of amides is 1. The van der Waals surface area contributed by atoms with Crippen LogP contribution in [0, 0.1) is 0 Å². The molecule has 1 atom stereocenters. The van der Waals surface area contributed by atoms with E-state index in [4.69, 9.17) is 4.42 Å². The lowest BCUT2D eigenvalue weighted by atomic mass is 10.1. The SMILES string of the molecule is O=C(NCC(O)c1ccco1)c1cnn(-c2cccc(C(F)(F)F)c2)c1C1CC1. The van der Waals surface area contributed by atoms with E-state index in [-0.39, 0.29) is 23.7 Å². The van der Waals surface area contributed by atoms with Crippen molar-refractivity contribution in [2.75, 3.05) is 6.54 Å². The number of halogens is 3. The summed E-state index contributed by atoms with van der Waals surface area (Å²) < 4.78 is 45.7. The van der Waals surface area contributed by atoms with E-state index in [0.717, 1.165) is 25.0 Å². The number of aliphatic hydroxyl groups is 1. The summed E-state index contributed by atoms with van der Waals surface area (Å²) in [6, 6.07) is 8.07. The third-order valence-electron chi connectivity index (χ3n) is 4.76. The molecule has 2 aromatic heterocycles. The summed E-state index contributed by atoms with van der Waals surface area (Å²) in [5, 5.41) is 16.9. The molecule has 2 N–H and O–H groups in total. The molecule has 1 aliphatic carbocycles. The fourth-order valence-corrected chi connectivity index (χ4v) is 3.17. The maximum Gasteiger partial charge on any atom is 0.416 e. The summed E-state index contributed by atoms with van der Waals surface area (Å²) in [6.45, 7) is -0.0643. The Kier molecular flexibility index (Phi) is 4.91. The fraction of sp³-hybridized carbons (Fsp3) is 0.300. The zero-order chi connectivity index (χ0) is 20.6. The molecular formula is C20H18F3N3O3. The summed E-state index contributed by atoms with van der Waals surface area (Å²) in [5.41, 5.74) is 0.335. The molecule has 0 bridgehead atoms. The molecule has 1 saturated carbocycles. The average Bonchev–Trinajstić information content (AvgIpc) is 3.20. The van der Waals surface area contributed by atoms with E-state index >= 15 is 0 Å². The minimum absolute atomic E-state index is 0.0581. The predicted octanol–water partition coefficient (Wildman–Crippen LogP) is 3.82. The largest absolute Gasteiger partial charge is 0.467 e. The van der Waals surface area contributed by atoms with Gasteiger partial charge >= 0.3 is 6.18 Å². The highest BCUT2D eigenvalue weighted by Crippen LogP contribution is 2.42. The van der Waals surface area contributed by atoms with Crippen molar-refractivity contribution in [1.82, 2.24) is 15.1 Å². The van der Waals surface area contributed by atoms with Crippen molar-refractivity contribution < 1.29 is 27.5 Å². The second-order valence-corrected chi connectivity index (χ2v) is 6.92. The lowest BCUT2D eigenvalue weighted by Gasteiger charge is -2.13. The first-order chi connectivity index (χ1) is 13.8. The highest BCUT2D eigenvalue weighted by molar-refractivity contribution is 5.95. The second kappa shape index (κ2) is 7.40. The van der Waals surface area contributed by atoms with Crippen LogP contribution in [0.15, 0.2) is 53.3 Å². The van der Waals surface area contributed by atoms with Crippen LogP contribution in [0.4, 0.5) is 13.2 Å². The Hall–Kier alpha value is -3.07. The number of alkyl halides is 3. The molecule has 3 aromatic rings. The molecule has 0 saturated heterocycles. The molecule has 4 rings (SSSR count). The molecule has 152 valence electrons. The minimum atomic E-state index is -4.47. The van der Waals surface area contributed by atoms with E-state index in [1.54, 1.807) is 12.1 Å². The van der Waals surface area contributed by atoms with Crippen molar-refractivity contribution in [1.29, 1.82) is 0 Å². The van der Waals surface area contributed by atoms with Gasteiger partial charge in [-0.2, -0.15) is 18.3 Å². The third kappa shape index (κ3) is 4.04. The fourth-order valence-electron chi connectivity index (χ4n) is 3.17. The Morgan fingerprint density at radius 3 is 2.76 bits per heavy atom. The van der Waals surface area contributed by atoms with Crippen LogP contribution in [0.5, 0.6) is 0 Å². The van der Waals surface area contributed by atoms with Crippen molar-refractivity contribution in [2.24, 2.45) is 0 Å². The maximum atomic E-state index is 13.1. The first-order valence-corrected chi connectivity index (χ1v) is 9.10. The van der Waals surface area contributed by atoms with Crippen LogP contribution in [0.1, 0.15) is 52.2 Å². The van der Waals surface area contributed by atoms with E-state index in [1.807, 2.05) is 0 Å². The first-order valence-electron chi connectivity index (χ1n) is 9.10. The molecule has 0 aliphatic heterocycles. The van der Waals surface area contributed by atoms with Crippen LogP contribution in [0.25, 0.3) is 5.69 Å². The Labute approximate surface area is 163 Å². The van der Waals surface area contributed by atoms with E-state index < -0.39 is 23.8 Å². The summed E-state index contributed by atoms with van der Waals surface area (Å²) in [4.78, 5) is 12.7. The topological polar surface area (TPSA) is 80.3 Å². The van der Waals surface area contributed by atoms with E-state index in [2.05, 4.69) is 10.4 Å².